The van der Waals surface area contributed by atoms with E-state index in [0.29, 0.717) is 17.9 Å². The number of rotatable bonds is 4. The first kappa shape index (κ1) is 12.8. The molecule has 1 aliphatic heterocycles. The van der Waals surface area contributed by atoms with Gasteiger partial charge < -0.3 is 0 Å². The van der Waals surface area contributed by atoms with Crippen LogP contribution in [-0.2, 0) is 16.4 Å². The highest BCUT2D eigenvalue weighted by molar-refractivity contribution is 7.90. The number of hydrogen-bond donors (Lipinski definition) is 2. The molecule has 0 saturated carbocycles. The third-order valence-electron chi connectivity index (χ3n) is 2.97. The molecule has 20 heavy (non-hydrogen) atoms. The summed E-state index contributed by atoms with van der Waals surface area (Å²) in [7, 11) is -3.44. The Morgan fingerprint density at radius 2 is 2.10 bits per heavy atom. The number of aliphatic imine (C=N–C) groups is 1. The second-order valence-electron chi connectivity index (χ2n) is 4.37. The van der Waals surface area contributed by atoms with Gasteiger partial charge in [-0.25, -0.2) is 13.4 Å². The zero-order valence-corrected chi connectivity index (χ0v) is 11.4. The smallest absolute Gasteiger partial charge is 0.263 e. The van der Waals surface area contributed by atoms with Gasteiger partial charge in [0.2, 0.25) is 0 Å². The molecule has 0 spiro atoms. The lowest BCUT2D eigenvalue weighted by Crippen LogP contribution is -2.22. The van der Waals surface area contributed by atoms with E-state index >= 15 is 0 Å². The van der Waals surface area contributed by atoms with Crippen molar-refractivity contribution in [2.24, 2.45) is 4.99 Å². The number of benzene rings is 1. The van der Waals surface area contributed by atoms with E-state index in [0.717, 1.165) is 18.7 Å². The van der Waals surface area contributed by atoms with Gasteiger partial charge in [-0.15, -0.1) is 0 Å². The standard InChI is InChI=1S/C12H13N5O2S/c18-20(19)10-5-2-1-4-9(10)12(17-20)13-7-3-6-11-14-8-15-16-11/h1-2,4-5,8H,3,6-7H2,(H,13,17)(H,14,15,16). The minimum atomic E-state index is -3.44. The topological polar surface area (TPSA) is 100 Å². The molecular weight excluding hydrogens is 278 g/mol. The van der Waals surface area contributed by atoms with Crippen LogP contribution in [0.5, 0.6) is 0 Å². The molecule has 1 aromatic heterocycles. The van der Waals surface area contributed by atoms with Crippen molar-refractivity contribution in [2.75, 3.05) is 6.54 Å². The molecule has 0 bridgehead atoms. The molecular formula is C12H13N5O2S. The molecule has 0 fully saturated rings. The van der Waals surface area contributed by atoms with Gasteiger partial charge in [-0.2, -0.15) is 5.10 Å². The van der Waals surface area contributed by atoms with Crippen LogP contribution in [0, 0.1) is 0 Å². The molecule has 7 nitrogen and oxygen atoms in total. The van der Waals surface area contributed by atoms with Crippen LogP contribution in [0.3, 0.4) is 0 Å². The normalized spacial score (nSPS) is 17.9. The molecule has 0 radical (unpaired) electrons. The number of sulfonamides is 1. The summed E-state index contributed by atoms with van der Waals surface area (Å²) in [5, 5.41) is 6.54. The van der Waals surface area contributed by atoms with Crippen LogP contribution in [0.4, 0.5) is 0 Å². The summed E-state index contributed by atoms with van der Waals surface area (Å²) < 4.78 is 26.2. The van der Waals surface area contributed by atoms with Crippen molar-refractivity contribution in [3.8, 4) is 0 Å². The molecule has 1 aromatic carbocycles. The lowest BCUT2D eigenvalue weighted by molar-refractivity contribution is 0.595. The van der Waals surface area contributed by atoms with Crippen molar-refractivity contribution in [3.05, 3.63) is 42.0 Å². The Labute approximate surface area is 116 Å². The van der Waals surface area contributed by atoms with Crippen molar-refractivity contribution in [1.82, 2.24) is 19.9 Å². The van der Waals surface area contributed by atoms with Crippen molar-refractivity contribution in [3.63, 3.8) is 0 Å². The van der Waals surface area contributed by atoms with Gasteiger partial charge >= 0.3 is 0 Å². The van der Waals surface area contributed by atoms with Crippen molar-refractivity contribution < 1.29 is 8.42 Å². The second-order valence-corrected chi connectivity index (χ2v) is 6.02. The van der Waals surface area contributed by atoms with Crippen molar-refractivity contribution in [1.29, 1.82) is 0 Å². The lowest BCUT2D eigenvalue weighted by Gasteiger charge is -1.98. The van der Waals surface area contributed by atoms with E-state index in [1.165, 1.54) is 6.33 Å². The minimum Gasteiger partial charge on any atom is -0.267 e. The fourth-order valence-corrected chi connectivity index (χ4v) is 3.29. The van der Waals surface area contributed by atoms with Crippen molar-refractivity contribution >= 4 is 15.9 Å². The maximum atomic E-state index is 11.9. The highest BCUT2D eigenvalue weighted by atomic mass is 32.2. The Balaban J connectivity index is 1.71. The number of aromatic nitrogens is 3. The van der Waals surface area contributed by atoms with Crippen LogP contribution >= 0.6 is 0 Å². The zero-order chi connectivity index (χ0) is 14.0. The average Bonchev–Trinajstić information content (AvgIpc) is 3.03. The van der Waals surface area contributed by atoms with E-state index in [4.69, 9.17) is 0 Å². The fourth-order valence-electron chi connectivity index (χ4n) is 2.04. The van der Waals surface area contributed by atoms with E-state index in [2.05, 4.69) is 24.9 Å². The van der Waals surface area contributed by atoms with Crippen LogP contribution in [0.2, 0.25) is 0 Å². The number of H-pyrrole nitrogens is 1. The highest BCUT2D eigenvalue weighted by Gasteiger charge is 2.29. The third kappa shape index (κ3) is 2.42. The molecule has 2 N–H and O–H groups in total. The maximum absolute atomic E-state index is 11.9. The summed E-state index contributed by atoms with van der Waals surface area (Å²) in [6, 6.07) is 6.83. The molecule has 1 aliphatic rings. The van der Waals surface area contributed by atoms with E-state index in [-0.39, 0.29) is 4.90 Å². The molecule has 3 rings (SSSR count). The van der Waals surface area contributed by atoms with Crippen LogP contribution in [0.1, 0.15) is 17.8 Å². The van der Waals surface area contributed by atoms with E-state index < -0.39 is 10.0 Å². The average molecular weight is 291 g/mol. The predicted octanol–water partition coefficient (Wildman–Crippen LogP) is 0.476. The highest BCUT2D eigenvalue weighted by Crippen LogP contribution is 2.22. The first-order chi connectivity index (χ1) is 9.67. The SMILES string of the molecule is O=S1(=O)NC(=NCCCc2ncn[nH]2)c2ccccc21. The quantitative estimate of drug-likeness (QED) is 0.800. The summed E-state index contributed by atoms with van der Waals surface area (Å²) in [5.74, 6) is 1.22. The molecule has 0 amide bonds. The zero-order valence-electron chi connectivity index (χ0n) is 10.6. The summed E-state index contributed by atoms with van der Waals surface area (Å²) in [6.07, 6.45) is 2.95. The Hall–Kier alpha value is -2.22. The molecule has 2 aromatic rings. The number of nitrogens with zero attached hydrogens (tertiary/aromatic N) is 3. The van der Waals surface area contributed by atoms with E-state index in [1.54, 1.807) is 24.3 Å². The number of nitrogens with one attached hydrogen (secondary N) is 2. The lowest BCUT2D eigenvalue weighted by atomic mass is 10.2. The fraction of sp³-hybridized carbons (Fsp3) is 0.250. The van der Waals surface area contributed by atoms with Gasteiger partial charge in [0.25, 0.3) is 10.0 Å². The Morgan fingerprint density at radius 1 is 1.25 bits per heavy atom. The molecule has 0 unspecified atom stereocenters. The van der Waals surface area contributed by atoms with Crippen LogP contribution in [0.25, 0.3) is 0 Å². The second kappa shape index (κ2) is 5.04. The van der Waals surface area contributed by atoms with Gasteiger partial charge in [0.05, 0.1) is 4.90 Å². The number of aromatic amines is 1. The molecule has 0 aliphatic carbocycles. The molecule has 8 heteroatoms. The van der Waals surface area contributed by atoms with Crippen LogP contribution in [-0.4, -0.2) is 36.0 Å². The van der Waals surface area contributed by atoms with Crippen molar-refractivity contribution in [2.45, 2.75) is 17.7 Å². The van der Waals surface area contributed by atoms with Gasteiger partial charge in [0, 0.05) is 18.5 Å². The van der Waals surface area contributed by atoms with Gasteiger partial charge in [-0.1, -0.05) is 12.1 Å². The minimum absolute atomic E-state index is 0.286. The first-order valence-electron chi connectivity index (χ1n) is 6.18. The molecule has 0 saturated heterocycles. The van der Waals surface area contributed by atoms with E-state index in [1.807, 2.05) is 0 Å². The Morgan fingerprint density at radius 3 is 2.90 bits per heavy atom. The van der Waals surface area contributed by atoms with Gasteiger partial charge in [-0.3, -0.25) is 14.8 Å². The number of aryl methyl sites for hydroxylation is 1. The summed E-state index contributed by atoms with van der Waals surface area (Å²) in [6.45, 7) is 0.521. The number of fused-ring (bicyclic) bond motifs is 1. The van der Waals surface area contributed by atoms with Crippen LogP contribution in [0.15, 0.2) is 40.5 Å². The van der Waals surface area contributed by atoms with Gasteiger partial charge in [-0.05, 0) is 18.6 Å². The third-order valence-corrected chi connectivity index (χ3v) is 4.37. The summed E-state index contributed by atoms with van der Waals surface area (Å²) in [5.41, 5.74) is 0.632. The Bertz CT molecular complexity index is 737. The largest absolute Gasteiger partial charge is 0.267 e. The van der Waals surface area contributed by atoms with E-state index in [9.17, 15) is 8.42 Å². The molecule has 0 atom stereocenters. The molecule has 2 heterocycles. The van der Waals surface area contributed by atoms with Gasteiger partial charge in [0.15, 0.2) is 0 Å². The number of amidine groups is 1. The first-order valence-corrected chi connectivity index (χ1v) is 7.66. The van der Waals surface area contributed by atoms with Gasteiger partial charge in [0.1, 0.15) is 18.0 Å². The Kier molecular flexibility index (Phi) is 3.23. The predicted molar refractivity (Wildman–Crippen MR) is 72.9 cm³/mol. The molecule has 104 valence electrons. The number of hydrogen-bond acceptors (Lipinski definition) is 5. The monoisotopic (exact) mass is 291 g/mol. The summed E-state index contributed by atoms with van der Waals surface area (Å²) in [4.78, 5) is 8.63. The maximum Gasteiger partial charge on any atom is 0.263 e. The van der Waals surface area contributed by atoms with Crippen LogP contribution < -0.4 is 4.72 Å². The summed E-state index contributed by atoms with van der Waals surface area (Å²) >= 11 is 0.